The molecular weight excluding hydrogens is 226 g/mol. The summed E-state index contributed by atoms with van der Waals surface area (Å²) in [5.74, 6) is -0.202. The molecule has 0 aromatic heterocycles. The number of hydrogen-bond acceptors (Lipinski definition) is 2. The van der Waals surface area contributed by atoms with Crippen LogP contribution >= 0.6 is 11.6 Å². The summed E-state index contributed by atoms with van der Waals surface area (Å²) in [7, 11) is 0. The van der Waals surface area contributed by atoms with Gasteiger partial charge in [0.25, 0.3) is 5.91 Å². The number of amides is 1. The zero-order valence-electron chi connectivity index (χ0n) is 9.46. The first-order chi connectivity index (χ1) is 7.56. The Morgan fingerprint density at radius 2 is 2.19 bits per heavy atom. The van der Waals surface area contributed by atoms with Gasteiger partial charge in [0.15, 0.2) is 0 Å². The molecule has 2 N–H and O–H groups in total. The molecule has 0 aliphatic rings. The molecule has 1 rings (SSSR count). The van der Waals surface area contributed by atoms with Crippen LogP contribution < -0.4 is 5.32 Å². The summed E-state index contributed by atoms with van der Waals surface area (Å²) in [6, 6.07) is 4.98. The highest BCUT2D eigenvalue weighted by Crippen LogP contribution is 2.14. The van der Waals surface area contributed by atoms with Crippen molar-refractivity contribution in [3.05, 3.63) is 34.3 Å². The molecular formula is C12H16ClNO2. The van der Waals surface area contributed by atoms with Crippen LogP contribution in [0.15, 0.2) is 18.2 Å². The van der Waals surface area contributed by atoms with E-state index in [1.807, 2.05) is 13.8 Å². The number of aliphatic hydroxyl groups is 1. The molecule has 0 aliphatic carbocycles. The van der Waals surface area contributed by atoms with Crippen LogP contribution in [0, 0.1) is 6.92 Å². The minimum Gasteiger partial charge on any atom is -0.394 e. The lowest BCUT2D eigenvalue weighted by molar-refractivity contribution is 0.0915. The average molecular weight is 242 g/mol. The topological polar surface area (TPSA) is 49.3 Å². The molecule has 0 saturated carbocycles. The van der Waals surface area contributed by atoms with Gasteiger partial charge in [0, 0.05) is 10.6 Å². The largest absolute Gasteiger partial charge is 0.394 e. The SMILES string of the molecule is CCC(CO)NC(=O)c1cc(C)cc(Cl)c1. The number of nitrogens with one attached hydrogen (secondary N) is 1. The van der Waals surface area contributed by atoms with E-state index in [4.69, 9.17) is 16.7 Å². The third kappa shape index (κ3) is 3.51. The normalized spacial score (nSPS) is 12.2. The lowest BCUT2D eigenvalue weighted by atomic mass is 10.1. The van der Waals surface area contributed by atoms with Crippen LogP contribution in [0.1, 0.15) is 29.3 Å². The second-order valence-electron chi connectivity index (χ2n) is 3.78. The van der Waals surface area contributed by atoms with Crippen molar-refractivity contribution in [3.63, 3.8) is 0 Å². The maximum Gasteiger partial charge on any atom is 0.251 e. The quantitative estimate of drug-likeness (QED) is 0.849. The van der Waals surface area contributed by atoms with E-state index in [2.05, 4.69) is 5.32 Å². The minimum atomic E-state index is -0.202. The van der Waals surface area contributed by atoms with Gasteiger partial charge in [-0.25, -0.2) is 0 Å². The monoisotopic (exact) mass is 241 g/mol. The Labute approximate surface area is 100 Å². The zero-order chi connectivity index (χ0) is 12.1. The van der Waals surface area contributed by atoms with E-state index in [9.17, 15) is 4.79 Å². The van der Waals surface area contributed by atoms with Crippen LogP contribution in [-0.4, -0.2) is 23.7 Å². The molecule has 16 heavy (non-hydrogen) atoms. The fraction of sp³-hybridized carbons (Fsp3) is 0.417. The third-order valence-corrected chi connectivity index (χ3v) is 2.57. The van der Waals surface area contributed by atoms with Gasteiger partial charge in [0.05, 0.1) is 12.6 Å². The molecule has 0 aliphatic heterocycles. The lowest BCUT2D eigenvalue weighted by Crippen LogP contribution is -2.36. The van der Waals surface area contributed by atoms with E-state index in [0.29, 0.717) is 17.0 Å². The van der Waals surface area contributed by atoms with E-state index in [0.717, 1.165) is 5.56 Å². The standard InChI is InChI=1S/C12H16ClNO2/c1-3-11(7-15)14-12(16)9-4-8(2)5-10(13)6-9/h4-6,11,15H,3,7H2,1-2H3,(H,14,16). The van der Waals surface area contributed by atoms with Gasteiger partial charge < -0.3 is 10.4 Å². The van der Waals surface area contributed by atoms with Gasteiger partial charge in [-0.2, -0.15) is 0 Å². The first kappa shape index (κ1) is 13.0. The van der Waals surface area contributed by atoms with Crippen molar-refractivity contribution in [2.24, 2.45) is 0 Å². The van der Waals surface area contributed by atoms with Crippen LogP contribution in [0.25, 0.3) is 0 Å². The van der Waals surface area contributed by atoms with Gasteiger partial charge in [0.1, 0.15) is 0 Å². The molecule has 1 aromatic rings. The third-order valence-electron chi connectivity index (χ3n) is 2.35. The van der Waals surface area contributed by atoms with E-state index in [-0.39, 0.29) is 18.6 Å². The van der Waals surface area contributed by atoms with Crippen molar-refractivity contribution in [3.8, 4) is 0 Å². The summed E-state index contributed by atoms with van der Waals surface area (Å²) >= 11 is 5.87. The van der Waals surface area contributed by atoms with Crippen molar-refractivity contribution in [1.29, 1.82) is 0 Å². The summed E-state index contributed by atoms with van der Waals surface area (Å²) in [4.78, 5) is 11.8. The number of halogens is 1. The maximum atomic E-state index is 11.8. The second-order valence-corrected chi connectivity index (χ2v) is 4.21. The van der Waals surface area contributed by atoms with Crippen molar-refractivity contribution in [2.75, 3.05) is 6.61 Å². The summed E-state index contributed by atoms with van der Waals surface area (Å²) in [5.41, 5.74) is 1.46. The predicted octanol–water partition coefficient (Wildman–Crippen LogP) is 2.15. The summed E-state index contributed by atoms with van der Waals surface area (Å²) in [6.07, 6.45) is 0.696. The van der Waals surface area contributed by atoms with Gasteiger partial charge in [-0.1, -0.05) is 18.5 Å². The van der Waals surface area contributed by atoms with Crippen molar-refractivity contribution in [2.45, 2.75) is 26.3 Å². The van der Waals surface area contributed by atoms with Crippen LogP contribution in [0.5, 0.6) is 0 Å². The first-order valence-electron chi connectivity index (χ1n) is 5.25. The number of aryl methyl sites for hydroxylation is 1. The Morgan fingerprint density at radius 3 is 2.69 bits per heavy atom. The predicted molar refractivity (Wildman–Crippen MR) is 64.8 cm³/mol. The molecule has 3 nitrogen and oxygen atoms in total. The smallest absolute Gasteiger partial charge is 0.251 e. The van der Waals surface area contributed by atoms with Gasteiger partial charge in [-0.3, -0.25) is 4.79 Å². The van der Waals surface area contributed by atoms with Gasteiger partial charge in [0.2, 0.25) is 0 Å². The molecule has 0 fully saturated rings. The first-order valence-corrected chi connectivity index (χ1v) is 5.63. The fourth-order valence-electron chi connectivity index (χ4n) is 1.41. The highest BCUT2D eigenvalue weighted by Gasteiger charge is 2.11. The van der Waals surface area contributed by atoms with Crippen molar-refractivity contribution in [1.82, 2.24) is 5.32 Å². The van der Waals surface area contributed by atoms with Crippen LogP contribution in [-0.2, 0) is 0 Å². The molecule has 88 valence electrons. The number of benzene rings is 1. The Kier molecular flexibility index (Phi) is 4.77. The van der Waals surface area contributed by atoms with E-state index in [1.165, 1.54) is 0 Å². The molecule has 1 aromatic carbocycles. The number of carbonyl (C=O) groups is 1. The van der Waals surface area contributed by atoms with E-state index >= 15 is 0 Å². The second kappa shape index (κ2) is 5.87. The number of carbonyl (C=O) groups excluding carboxylic acids is 1. The molecule has 1 amide bonds. The van der Waals surface area contributed by atoms with Crippen molar-refractivity contribution < 1.29 is 9.90 Å². The average Bonchev–Trinajstić information content (AvgIpc) is 2.24. The fourth-order valence-corrected chi connectivity index (χ4v) is 1.70. The van der Waals surface area contributed by atoms with Crippen molar-refractivity contribution >= 4 is 17.5 Å². The Morgan fingerprint density at radius 1 is 1.50 bits per heavy atom. The molecule has 0 bridgehead atoms. The molecule has 0 radical (unpaired) electrons. The number of aliphatic hydroxyl groups excluding tert-OH is 1. The van der Waals surface area contributed by atoms with Gasteiger partial charge in [-0.15, -0.1) is 0 Å². The van der Waals surface area contributed by atoms with Crippen LogP contribution in [0.4, 0.5) is 0 Å². The summed E-state index contributed by atoms with van der Waals surface area (Å²) in [6.45, 7) is 3.73. The Balaban J connectivity index is 2.80. The van der Waals surface area contributed by atoms with E-state index in [1.54, 1.807) is 18.2 Å². The van der Waals surface area contributed by atoms with Crippen LogP contribution in [0.3, 0.4) is 0 Å². The Hall–Kier alpha value is -1.06. The highest BCUT2D eigenvalue weighted by molar-refractivity contribution is 6.31. The summed E-state index contributed by atoms with van der Waals surface area (Å²) < 4.78 is 0. The number of rotatable bonds is 4. The molecule has 1 atom stereocenters. The summed E-state index contributed by atoms with van der Waals surface area (Å²) in [5, 5.41) is 12.3. The van der Waals surface area contributed by atoms with E-state index < -0.39 is 0 Å². The Bertz CT molecular complexity index is 355. The molecule has 4 heteroatoms. The molecule has 0 saturated heterocycles. The molecule has 0 spiro atoms. The molecule has 1 unspecified atom stereocenters. The minimum absolute atomic E-state index is 0.0538. The zero-order valence-corrected chi connectivity index (χ0v) is 10.2. The number of hydrogen-bond donors (Lipinski definition) is 2. The van der Waals surface area contributed by atoms with Gasteiger partial charge >= 0.3 is 0 Å². The van der Waals surface area contributed by atoms with Gasteiger partial charge in [-0.05, 0) is 37.1 Å². The molecule has 0 heterocycles. The highest BCUT2D eigenvalue weighted by atomic mass is 35.5. The maximum absolute atomic E-state index is 11.8. The lowest BCUT2D eigenvalue weighted by Gasteiger charge is -2.14. The van der Waals surface area contributed by atoms with Crippen LogP contribution in [0.2, 0.25) is 5.02 Å².